The number of hydrogen-bond donors (Lipinski definition) is 1. The van der Waals surface area contributed by atoms with Crippen molar-refractivity contribution < 1.29 is 9.53 Å². The van der Waals surface area contributed by atoms with E-state index in [0.29, 0.717) is 13.0 Å². The van der Waals surface area contributed by atoms with Crippen molar-refractivity contribution in [2.24, 2.45) is 0 Å². The van der Waals surface area contributed by atoms with Gasteiger partial charge in [0.05, 0.1) is 6.61 Å². The van der Waals surface area contributed by atoms with Gasteiger partial charge in [-0.25, -0.2) is 0 Å². The Hall–Kier alpha value is -0.570. The summed E-state index contributed by atoms with van der Waals surface area (Å²) in [6.45, 7) is 3.86. The number of unbranched alkanes of at least 4 members (excludes halogenated alkanes) is 15. The Labute approximate surface area is 164 Å². The molecule has 1 N–H and O–H groups in total. The minimum Gasteiger partial charge on any atom is -0.466 e. The van der Waals surface area contributed by atoms with Gasteiger partial charge in [-0.2, -0.15) is 0 Å². The van der Waals surface area contributed by atoms with Gasteiger partial charge in [-0.05, 0) is 32.9 Å². The molecule has 0 aromatic carbocycles. The highest BCUT2D eigenvalue weighted by Gasteiger charge is 2.02. The molecule has 0 aromatic rings. The third kappa shape index (κ3) is 21.5. The van der Waals surface area contributed by atoms with Crippen molar-refractivity contribution in [3.63, 3.8) is 0 Å². The highest BCUT2D eigenvalue weighted by atomic mass is 16.5. The molecule has 3 nitrogen and oxygen atoms in total. The first kappa shape index (κ1) is 25.4. The highest BCUT2D eigenvalue weighted by molar-refractivity contribution is 5.69. The van der Waals surface area contributed by atoms with Crippen LogP contribution in [0.4, 0.5) is 0 Å². The molecule has 156 valence electrons. The van der Waals surface area contributed by atoms with Gasteiger partial charge < -0.3 is 10.1 Å². The molecule has 0 unspecified atom stereocenters. The van der Waals surface area contributed by atoms with Crippen LogP contribution in [0.3, 0.4) is 0 Å². The number of esters is 1. The molecule has 0 rings (SSSR count). The molecule has 0 aliphatic heterocycles. The quantitative estimate of drug-likeness (QED) is 0.179. The van der Waals surface area contributed by atoms with E-state index in [-0.39, 0.29) is 5.97 Å². The summed E-state index contributed by atoms with van der Waals surface area (Å²) in [7, 11) is 1.95. The molecule has 0 aromatic heterocycles. The number of hydrogen-bond acceptors (Lipinski definition) is 3. The fourth-order valence-corrected chi connectivity index (χ4v) is 3.30. The Morgan fingerprint density at radius 3 is 1.58 bits per heavy atom. The first-order valence-corrected chi connectivity index (χ1v) is 11.6. The van der Waals surface area contributed by atoms with Gasteiger partial charge in [-0.1, -0.05) is 96.8 Å². The molecular weight excluding hydrogens is 322 g/mol. The predicted molar refractivity (Wildman–Crippen MR) is 114 cm³/mol. The molecule has 0 aliphatic carbocycles. The van der Waals surface area contributed by atoms with Gasteiger partial charge in [0, 0.05) is 6.42 Å². The van der Waals surface area contributed by atoms with E-state index < -0.39 is 0 Å². The summed E-state index contributed by atoms with van der Waals surface area (Å²) in [5.74, 6) is -0.0100. The molecule has 0 amide bonds. The maximum absolute atomic E-state index is 11.6. The van der Waals surface area contributed by atoms with Crippen molar-refractivity contribution >= 4 is 5.97 Å². The van der Waals surface area contributed by atoms with Gasteiger partial charge in [0.15, 0.2) is 0 Å². The van der Waals surface area contributed by atoms with Crippen LogP contribution in [0.1, 0.15) is 122 Å². The minimum absolute atomic E-state index is 0.0100. The standard InChI is InChI=1S/C23H47NO2/c1-3-4-5-6-7-8-9-10-11-12-13-14-15-16-17-20-23(25)26-22-19-18-21-24-2/h24H,3-22H2,1-2H3. The zero-order valence-corrected chi connectivity index (χ0v) is 18.0. The molecule has 0 aliphatic rings. The first-order chi connectivity index (χ1) is 12.8. The number of ether oxygens (including phenoxy) is 1. The monoisotopic (exact) mass is 369 g/mol. The van der Waals surface area contributed by atoms with E-state index in [1.807, 2.05) is 7.05 Å². The Balaban J connectivity index is 3.09. The van der Waals surface area contributed by atoms with Crippen LogP contribution in [-0.4, -0.2) is 26.2 Å². The fourth-order valence-electron chi connectivity index (χ4n) is 3.30. The average molecular weight is 370 g/mol. The molecule has 0 saturated carbocycles. The summed E-state index contributed by atoms with van der Waals surface area (Å²) in [5.41, 5.74) is 0. The highest BCUT2D eigenvalue weighted by Crippen LogP contribution is 2.13. The lowest BCUT2D eigenvalue weighted by Gasteiger charge is -2.05. The Morgan fingerprint density at radius 1 is 0.654 bits per heavy atom. The van der Waals surface area contributed by atoms with Crippen molar-refractivity contribution in [3.8, 4) is 0 Å². The van der Waals surface area contributed by atoms with Gasteiger partial charge in [0.25, 0.3) is 0 Å². The molecule has 26 heavy (non-hydrogen) atoms. The first-order valence-electron chi connectivity index (χ1n) is 11.6. The molecule has 0 radical (unpaired) electrons. The number of nitrogens with one attached hydrogen (secondary N) is 1. The third-order valence-electron chi connectivity index (χ3n) is 5.07. The second-order valence-corrected chi connectivity index (χ2v) is 7.73. The molecule has 0 atom stereocenters. The topological polar surface area (TPSA) is 38.3 Å². The molecule has 0 spiro atoms. The molecule has 0 saturated heterocycles. The van der Waals surface area contributed by atoms with Crippen molar-refractivity contribution in [1.82, 2.24) is 5.32 Å². The lowest BCUT2D eigenvalue weighted by molar-refractivity contribution is -0.143. The maximum Gasteiger partial charge on any atom is 0.305 e. The summed E-state index contributed by atoms with van der Waals surface area (Å²) < 4.78 is 5.24. The summed E-state index contributed by atoms with van der Waals surface area (Å²) in [6, 6.07) is 0. The number of rotatable bonds is 21. The largest absolute Gasteiger partial charge is 0.466 e. The molecule has 3 heteroatoms. The van der Waals surface area contributed by atoms with E-state index in [9.17, 15) is 4.79 Å². The average Bonchev–Trinajstić information content (AvgIpc) is 2.64. The lowest BCUT2D eigenvalue weighted by atomic mass is 10.0. The van der Waals surface area contributed by atoms with E-state index >= 15 is 0 Å². The van der Waals surface area contributed by atoms with E-state index in [1.54, 1.807) is 0 Å². The van der Waals surface area contributed by atoms with E-state index in [4.69, 9.17) is 4.74 Å². The van der Waals surface area contributed by atoms with E-state index in [0.717, 1.165) is 25.8 Å². The van der Waals surface area contributed by atoms with Crippen LogP contribution in [0.15, 0.2) is 0 Å². The minimum atomic E-state index is -0.0100. The Kier molecular flexibility index (Phi) is 22.0. The third-order valence-corrected chi connectivity index (χ3v) is 5.07. The number of carbonyl (C=O) groups is 1. The van der Waals surface area contributed by atoms with Crippen molar-refractivity contribution in [2.45, 2.75) is 122 Å². The summed E-state index contributed by atoms with van der Waals surface area (Å²) in [5, 5.41) is 3.10. The Bertz CT molecular complexity index is 281. The van der Waals surface area contributed by atoms with Gasteiger partial charge in [-0.3, -0.25) is 4.79 Å². The van der Waals surface area contributed by atoms with Crippen LogP contribution < -0.4 is 5.32 Å². The maximum atomic E-state index is 11.6. The zero-order chi connectivity index (χ0) is 19.1. The number of carbonyl (C=O) groups excluding carboxylic acids is 1. The molecule has 0 fully saturated rings. The summed E-state index contributed by atoms with van der Waals surface area (Å²) in [6.07, 6.45) is 23.0. The van der Waals surface area contributed by atoms with Crippen LogP contribution in [0.25, 0.3) is 0 Å². The smallest absolute Gasteiger partial charge is 0.305 e. The summed E-state index contributed by atoms with van der Waals surface area (Å²) in [4.78, 5) is 11.6. The molecular formula is C23H47NO2. The van der Waals surface area contributed by atoms with Gasteiger partial charge in [-0.15, -0.1) is 0 Å². The van der Waals surface area contributed by atoms with Crippen LogP contribution in [-0.2, 0) is 9.53 Å². The van der Waals surface area contributed by atoms with Crippen LogP contribution in [0.5, 0.6) is 0 Å². The molecule has 0 heterocycles. The van der Waals surface area contributed by atoms with Crippen molar-refractivity contribution in [1.29, 1.82) is 0 Å². The van der Waals surface area contributed by atoms with Crippen LogP contribution in [0, 0.1) is 0 Å². The Morgan fingerprint density at radius 2 is 1.12 bits per heavy atom. The van der Waals surface area contributed by atoms with Crippen LogP contribution in [0.2, 0.25) is 0 Å². The van der Waals surface area contributed by atoms with E-state index in [1.165, 1.54) is 89.9 Å². The van der Waals surface area contributed by atoms with Crippen LogP contribution >= 0.6 is 0 Å². The normalized spacial score (nSPS) is 11.0. The van der Waals surface area contributed by atoms with E-state index in [2.05, 4.69) is 12.2 Å². The lowest BCUT2D eigenvalue weighted by Crippen LogP contribution is -2.10. The summed E-state index contributed by atoms with van der Waals surface area (Å²) >= 11 is 0. The SMILES string of the molecule is CCCCCCCCCCCCCCCCCC(=O)OCCCCNC. The predicted octanol–water partition coefficient (Wildman–Crippen LogP) is 6.79. The van der Waals surface area contributed by atoms with Gasteiger partial charge in [0.2, 0.25) is 0 Å². The molecule has 0 bridgehead atoms. The van der Waals surface area contributed by atoms with Gasteiger partial charge in [0.1, 0.15) is 0 Å². The fraction of sp³-hybridized carbons (Fsp3) is 0.957. The van der Waals surface area contributed by atoms with Gasteiger partial charge >= 0.3 is 5.97 Å². The van der Waals surface area contributed by atoms with Crippen molar-refractivity contribution in [3.05, 3.63) is 0 Å². The second kappa shape index (κ2) is 22.5. The second-order valence-electron chi connectivity index (χ2n) is 7.73. The zero-order valence-electron chi connectivity index (χ0n) is 18.0. The van der Waals surface area contributed by atoms with Crippen molar-refractivity contribution in [2.75, 3.05) is 20.2 Å².